The predicted octanol–water partition coefficient (Wildman–Crippen LogP) is 0.0705. The summed E-state index contributed by atoms with van der Waals surface area (Å²) in [5, 5.41) is 36.7. The van der Waals surface area contributed by atoms with Crippen LogP contribution in [0.2, 0.25) is 0 Å². The lowest BCUT2D eigenvalue weighted by Gasteiger charge is -2.41. The molecule has 0 saturated carbocycles. The number of rotatable bonds is 6. The third-order valence-electron chi connectivity index (χ3n) is 3.26. The quantitative estimate of drug-likeness (QED) is 0.203. The van der Waals surface area contributed by atoms with Crippen LogP contribution in [0.25, 0.3) is 0 Å². The fraction of sp³-hybridized carbons (Fsp3) is 0.769. The van der Waals surface area contributed by atoms with Crippen molar-refractivity contribution in [2.24, 2.45) is 0 Å². The van der Waals surface area contributed by atoms with Crippen LogP contribution < -0.4 is 0 Å². The average molecular weight is 423 g/mol. The van der Waals surface area contributed by atoms with Crippen molar-refractivity contribution in [3.05, 3.63) is 0 Å². The Labute approximate surface area is 158 Å². The van der Waals surface area contributed by atoms with E-state index >= 15 is 0 Å². The largest absolute Gasteiger partial charge is 0.453 e. The molecule has 0 bridgehead atoms. The molecule has 1 heterocycles. The number of hydrogen-bond donors (Lipinski definition) is 4. The molecule has 4 N–H and O–H groups in total. The molecular weight excluding hydrogens is 405 g/mol. The Morgan fingerprint density at radius 2 is 1.76 bits per heavy atom. The molecule has 0 aliphatic carbocycles. The van der Waals surface area contributed by atoms with E-state index in [1.807, 2.05) is 0 Å². The van der Waals surface area contributed by atoms with Gasteiger partial charge in [0.15, 0.2) is 6.10 Å². The van der Waals surface area contributed by atoms with Crippen LogP contribution in [-0.4, -0.2) is 74.1 Å². The molecule has 0 aromatic carbocycles. The van der Waals surface area contributed by atoms with Crippen LogP contribution in [0.1, 0.15) is 19.8 Å². The Kier molecular flexibility index (Phi) is 8.33. The first-order valence-electron chi connectivity index (χ1n) is 7.11. The van der Waals surface area contributed by atoms with Crippen LogP contribution >= 0.6 is 34.8 Å². The molecule has 12 heteroatoms. The van der Waals surface area contributed by atoms with Gasteiger partial charge in [-0.25, -0.2) is 0 Å². The summed E-state index contributed by atoms with van der Waals surface area (Å²) in [6.07, 6.45) is -8.15. The minimum atomic E-state index is -2.25. The van der Waals surface area contributed by atoms with E-state index in [2.05, 4.69) is 0 Å². The zero-order valence-electron chi connectivity index (χ0n) is 13.0. The van der Waals surface area contributed by atoms with Gasteiger partial charge < -0.3 is 34.3 Å². The number of hydrogen-bond acceptors (Lipinski definition) is 9. The zero-order valence-corrected chi connectivity index (χ0v) is 15.3. The number of ketones is 1. The Balaban J connectivity index is 2.90. The van der Waals surface area contributed by atoms with E-state index in [0.717, 1.165) is 0 Å². The molecule has 1 saturated heterocycles. The molecule has 1 aliphatic rings. The smallest absolute Gasteiger partial charge is 0.306 e. The van der Waals surface area contributed by atoms with Crippen molar-refractivity contribution in [3.63, 3.8) is 0 Å². The lowest BCUT2D eigenvalue weighted by molar-refractivity contribution is -0.286. The molecule has 0 aromatic heterocycles. The first-order chi connectivity index (χ1) is 11.5. The van der Waals surface area contributed by atoms with Gasteiger partial charge in [0, 0.05) is 6.42 Å². The van der Waals surface area contributed by atoms with Crippen molar-refractivity contribution in [2.75, 3.05) is 6.61 Å². The number of nitrogens with one attached hydrogen (secondary N) is 1. The summed E-state index contributed by atoms with van der Waals surface area (Å²) in [6, 6.07) is 0. The summed E-state index contributed by atoms with van der Waals surface area (Å²) >= 11 is 16.5. The number of aliphatic hydroxyl groups excluding tert-OH is 3. The molecule has 0 aromatic rings. The molecule has 0 spiro atoms. The number of esters is 1. The molecule has 1 fully saturated rings. The van der Waals surface area contributed by atoms with E-state index < -0.39 is 53.0 Å². The summed E-state index contributed by atoms with van der Waals surface area (Å²) in [7, 11) is 0. The number of halogens is 3. The van der Waals surface area contributed by atoms with Crippen LogP contribution in [-0.2, 0) is 23.8 Å². The van der Waals surface area contributed by atoms with Crippen molar-refractivity contribution in [1.82, 2.24) is 0 Å². The average Bonchev–Trinajstić information content (AvgIpc) is 2.51. The van der Waals surface area contributed by atoms with E-state index in [0.29, 0.717) is 0 Å². The zero-order chi connectivity index (χ0) is 19.4. The van der Waals surface area contributed by atoms with Crippen molar-refractivity contribution in [3.8, 4) is 0 Å². The molecule has 0 radical (unpaired) electrons. The van der Waals surface area contributed by atoms with Gasteiger partial charge in [-0.15, -0.1) is 0 Å². The number of Topliss-reactive ketones (excluding diaryl/α,β-unsaturated/α-hetero) is 1. The molecule has 0 amide bonds. The van der Waals surface area contributed by atoms with Gasteiger partial charge in [-0.3, -0.25) is 10.2 Å². The standard InChI is InChI=1S/C13H18Cl3NO8/c1-5(19)2-3-7(20)24-10-9(22)8(21)6(4-18)23-11(10)25-12(17)13(14,15)16/h6,8-11,17-18,21-22H,2-4H2,1H3/t6-,8-,9+,10-,11?/m1/s1. The lowest BCUT2D eigenvalue weighted by Crippen LogP contribution is -2.61. The summed E-state index contributed by atoms with van der Waals surface area (Å²) in [4.78, 5) is 22.7. The van der Waals surface area contributed by atoms with Crippen molar-refractivity contribution < 1.29 is 39.1 Å². The van der Waals surface area contributed by atoms with Crippen LogP contribution in [0, 0.1) is 5.41 Å². The highest BCUT2D eigenvalue weighted by Crippen LogP contribution is 2.31. The topological polar surface area (TPSA) is 146 Å². The number of carbonyl (C=O) groups excluding carboxylic acids is 2. The van der Waals surface area contributed by atoms with E-state index in [4.69, 9.17) is 54.4 Å². The highest BCUT2D eigenvalue weighted by atomic mass is 35.6. The summed E-state index contributed by atoms with van der Waals surface area (Å²) in [5.41, 5.74) is 0. The third kappa shape index (κ3) is 6.52. The van der Waals surface area contributed by atoms with Gasteiger partial charge in [0.1, 0.15) is 24.1 Å². The molecule has 5 atom stereocenters. The number of aliphatic hydroxyl groups is 3. The molecule has 1 unspecified atom stereocenters. The second kappa shape index (κ2) is 9.31. The Bertz CT molecular complexity index is 512. The van der Waals surface area contributed by atoms with Gasteiger partial charge in [0.25, 0.3) is 3.79 Å². The summed E-state index contributed by atoms with van der Waals surface area (Å²) in [6.45, 7) is 0.597. The molecule has 144 valence electrons. The van der Waals surface area contributed by atoms with Crippen LogP contribution in [0.15, 0.2) is 0 Å². The van der Waals surface area contributed by atoms with Crippen LogP contribution in [0.4, 0.5) is 0 Å². The number of alkyl halides is 3. The minimum Gasteiger partial charge on any atom is -0.453 e. The summed E-state index contributed by atoms with van der Waals surface area (Å²) < 4.78 is 12.9. The van der Waals surface area contributed by atoms with Gasteiger partial charge in [-0.2, -0.15) is 0 Å². The van der Waals surface area contributed by atoms with Crippen molar-refractivity contribution >= 4 is 52.5 Å². The number of ether oxygens (including phenoxy) is 3. The highest BCUT2D eigenvalue weighted by molar-refractivity contribution is 6.76. The molecule has 9 nitrogen and oxygen atoms in total. The monoisotopic (exact) mass is 421 g/mol. The van der Waals surface area contributed by atoms with Gasteiger partial charge in [-0.1, -0.05) is 34.8 Å². The molecule has 1 rings (SSSR count). The van der Waals surface area contributed by atoms with Gasteiger partial charge >= 0.3 is 5.97 Å². The first kappa shape index (κ1) is 22.4. The van der Waals surface area contributed by atoms with Crippen LogP contribution in [0.3, 0.4) is 0 Å². The minimum absolute atomic E-state index is 0.0835. The first-order valence-corrected chi connectivity index (χ1v) is 8.24. The maximum atomic E-state index is 11.8. The predicted molar refractivity (Wildman–Crippen MR) is 86.7 cm³/mol. The van der Waals surface area contributed by atoms with E-state index in [1.54, 1.807) is 0 Å². The Hall–Kier alpha value is -0.680. The second-order valence-corrected chi connectivity index (χ2v) is 7.59. The lowest BCUT2D eigenvalue weighted by atomic mass is 9.99. The Morgan fingerprint density at radius 3 is 2.24 bits per heavy atom. The third-order valence-corrected chi connectivity index (χ3v) is 3.78. The fourth-order valence-electron chi connectivity index (χ4n) is 1.95. The number of carbonyl (C=O) groups is 2. The SMILES string of the molecule is CC(=O)CCC(=O)O[C@H]1C(OC(=N)C(Cl)(Cl)Cl)O[C@H](CO)[C@@H](O)[C@@H]1O. The second-order valence-electron chi connectivity index (χ2n) is 5.31. The summed E-state index contributed by atoms with van der Waals surface area (Å²) in [5.74, 6) is -2.00. The normalized spacial score (nSPS) is 29.8. The van der Waals surface area contributed by atoms with E-state index in [-0.39, 0.29) is 18.6 Å². The van der Waals surface area contributed by atoms with Crippen LogP contribution in [0.5, 0.6) is 0 Å². The maximum Gasteiger partial charge on any atom is 0.306 e. The molecule has 1 aliphatic heterocycles. The van der Waals surface area contributed by atoms with Crippen molar-refractivity contribution in [2.45, 2.75) is 54.3 Å². The van der Waals surface area contributed by atoms with Gasteiger partial charge in [0.2, 0.25) is 12.2 Å². The van der Waals surface area contributed by atoms with E-state index in [9.17, 15) is 24.9 Å². The van der Waals surface area contributed by atoms with Gasteiger partial charge in [-0.05, 0) is 6.92 Å². The van der Waals surface area contributed by atoms with Gasteiger partial charge in [0.05, 0.1) is 13.0 Å². The van der Waals surface area contributed by atoms with E-state index in [1.165, 1.54) is 6.92 Å². The van der Waals surface area contributed by atoms with Crippen molar-refractivity contribution in [1.29, 1.82) is 5.41 Å². The fourth-order valence-corrected chi connectivity index (χ4v) is 2.08. The highest BCUT2D eigenvalue weighted by Gasteiger charge is 2.49. The maximum absolute atomic E-state index is 11.8. The molecular formula is C13H18Cl3NO8. The Morgan fingerprint density at radius 1 is 1.16 bits per heavy atom. The molecule has 25 heavy (non-hydrogen) atoms.